The first-order valence-electron chi connectivity index (χ1n) is 6.39. The van der Waals surface area contributed by atoms with Crippen molar-refractivity contribution in [2.24, 2.45) is 0 Å². The van der Waals surface area contributed by atoms with Crippen LogP contribution in [-0.4, -0.2) is 44.4 Å². The lowest BCUT2D eigenvalue weighted by Gasteiger charge is -2.11. The summed E-state index contributed by atoms with van der Waals surface area (Å²) in [5.41, 5.74) is 0.0606. The van der Waals surface area contributed by atoms with Crippen molar-refractivity contribution < 1.29 is 22.7 Å². The van der Waals surface area contributed by atoms with Crippen molar-refractivity contribution >= 4 is 44.9 Å². The van der Waals surface area contributed by atoms with Crippen LogP contribution in [0.5, 0.6) is 0 Å². The third-order valence-corrected chi connectivity index (χ3v) is 5.41. The van der Waals surface area contributed by atoms with Gasteiger partial charge in [0.05, 0.1) is 22.1 Å². The van der Waals surface area contributed by atoms with Gasteiger partial charge in [-0.15, -0.1) is 0 Å². The van der Waals surface area contributed by atoms with Crippen molar-refractivity contribution in [2.75, 3.05) is 18.1 Å². The molecule has 0 aromatic heterocycles. The Labute approximate surface area is 137 Å². The van der Waals surface area contributed by atoms with Crippen LogP contribution in [0.1, 0.15) is 16.8 Å². The van der Waals surface area contributed by atoms with Crippen molar-refractivity contribution in [3.05, 3.63) is 33.8 Å². The molecule has 0 saturated carbocycles. The van der Waals surface area contributed by atoms with E-state index in [-0.39, 0.29) is 22.1 Å². The highest BCUT2D eigenvalue weighted by atomic mass is 35.5. The fraction of sp³-hybridized carbons (Fsp3) is 0.385. The van der Waals surface area contributed by atoms with Crippen LogP contribution in [0, 0.1) is 0 Å². The van der Waals surface area contributed by atoms with Gasteiger partial charge in [0.1, 0.15) is 0 Å². The molecule has 1 N–H and O–H groups in total. The molecule has 22 heavy (non-hydrogen) atoms. The van der Waals surface area contributed by atoms with E-state index in [0.29, 0.717) is 11.4 Å². The number of carbonyl (C=O) groups is 2. The molecule has 1 amide bonds. The largest absolute Gasteiger partial charge is 0.452 e. The van der Waals surface area contributed by atoms with Gasteiger partial charge < -0.3 is 10.1 Å². The maximum absolute atomic E-state index is 11.8. The molecule has 1 aromatic carbocycles. The van der Waals surface area contributed by atoms with E-state index >= 15 is 0 Å². The van der Waals surface area contributed by atoms with Gasteiger partial charge in [-0.1, -0.05) is 23.2 Å². The molecule has 0 bridgehead atoms. The number of ether oxygens (including phenoxy) is 1. The average Bonchev–Trinajstić information content (AvgIpc) is 2.78. The summed E-state index contributed by atoms with van der Waals surface area (Å²) in [5, 5.41) is 2.99. The van der Waals surface area contributed by atoms with Gasteiger partial charge in [0.2, 0.25) is 0 Å². The molecule has 9 heteroatoms. The van der Waals surface area contributed by atoms with E-state index in [0.717, 1.165) is 0 Å². The minimum atomic E-state index is -3.08. The summed E-state index contributed by atoms with van der Waals surface area (Å²) in [5.74, 6) is -1.38. The number of rotatable bonds is 4. The summed E-state index contributed by atoms with van der Waals surface area (Å²) in [6.07, 6.45) is 0.363. The van der Waals surface area contributed by atoms with Crippen LogP contribution < -0.4 is 5.32 Å². The Bertz CT molecular complexity index is 704. The molecule has 1 fully saturated rings. The molecule has 1 saturated heterocycles. The lowest BCUT2D eigenvalue weighted by Crippen LogP contribution is -2.38. The van der Waals surface area contributed by atoms with E-state index in [9.17, 15) is 18.0 Å². The Morgan fingerprint density at radius 2 is 2.05 bits per heavy atom. The SMILES string of the molecule is O=C(COC(=O)c1cc(Cl)ccc1Cl)NC1CCS(=O)(=O)C1. The van der Waals surface area contributed by atoms with E-state index < -0.39 is 34.4 Å². The number of amides is 1. The topological polar surface area (TPSA) is 89.5 Å². The van der Waals surface area contributed by atoms with Gasteiger partial charge in [-0.3, -0.25) is 4.79 Å². The third-order valence-electron chi connectivity index (χ3n) is 3.08. The highest BCUT2D eigenvalue weighted by Crippen LogP contribution is 2.21. The molecule has 1 atom stereocenters. The minimum absolute atomic E-state index is 0.0514. The van der Waals surface area contributed by atoms with E-state index in [4.69, 9.17) is 27.9 Å². The Hall–Kier alpha value is -1.31. The van der Waals surface area contributed by atoms with Crippen molar-refractivity contribution in [2.45, 2.75) is 12.5 Å². The quantitative estimate of drug-likeness (QED) is 0.815. The molecule has 1 heterocycles. The van der Waals surface area contributed by atoms with Gasteiger partial charge in [-0.2, -0.15) is 0 Å². The number of hydrogen-bond donors (Lipinski definition) is 1. The van der Waals surface area contributed by atoms with Gasteiger partial charge in [-0.05, 0) is 24.6 Å². The second-order valence-corrected chi connectivity index (χ2v) is 7.94. The minimum Gasteiger partial charge on any atom is -0.452 e. The zero-order valence-electron chi connectivity index (χ0n) is 11.3. The van der Waals surface area contributed by atoms with Crippen molar-refractivity contribution in [1.82, 2.24) is 5.32 Å². The summed E-state index contributed by atoms with van der Waals surface area (Å²) in [6, 6.07) is 3.87. The van der Waals surface area contributed by atoms with Crippen LogP contribution in [0.25, 0.3) is 0 Å². The predicted octanol–water partition coefficient (Wildman–Crippen LogP) is 1.45. The predicted molar refractivity (Wildman–Crippen MR) is 81.9 cm³/mol. The summed E-state index contributed by atoms with van der Waals surface area (Å²) in [7, 11) is -3.08. The van der Waals surface area contributed by atoms with Crippen LogP contribution in [0.4, 0.5) is 0 Å². The van der Waals surface area contributed by atoms with Crippen LogP contribution in [-0.2, 0) is 19.4 Å². The molecule has 1 aliphatic rings. The summed E-state index contributed by atoms with van der Waals surface area (Å²) < 4.78 is 27.4. The van der Waals surface area contributed by atoms with Crippen LogP contribution >= 0.6 is 23.2 Å². The Balaban J connectivity index is 1.86. The Morgan fingerprint density at radius 1 is 1.32 bits per heavy atom. The van der Waals surface area contributed by atoms with Gasteiger partial charge in [0.25, 0.3) is 5.91 Å². The molecule has 2 rings (SSSR count). The third kappa shape index (κ3) is 4.59. The Kier molecular flexibility index (Phi) is 5.31. The van der Waals surface area contributed by atoms with Crippen molar-refractivity contribution in [1.29, 1.82) is 0 Å². The van der Waals surface area contributed by atoms with Gasteiger partial charge in [0.15, 0.2) is 16.4 Å². The van der Waals surface area contributed by atoms with Crippen molar-refractivity contribution in [3.63, 3.8) is 0 Å². The molecular weight excluding hydrogens is 353 g/mol. The monoisotopic (exact) mass is 365 g/mol. The van der Waals surface area contributed by atoms with Crippen LogP contribution in [0.2, 0.25) is 10.0 Å². The standard InChI is InChI=1S/C13H13Cl2NO5S/c14-8-1-2-11(15)10(5-8)13(18)21-6-12(17)16-9-3-4-22(19,20)7-9/h1-2,5,9H,3-4,6-7H2,(H,16,17). The maximum Gasteiger partial charge on any atom is 0.340 e. The molecule has 0 aliphatic carbocycles. The fourth-order valence-electron chi connectivity index (χ4n) is 2.04. The maximum atomic E-state index is 11.8. The number of halogens is 2. The summed E-state index contributed by atoms with van der Waals surface area (Å²) >= 11 is 11.6. The van der Waals surface area contributed by atoms with Gasteiger partial charge in [0, 0.05) is 11.1 Å². The first-order valence-corrected chi connectivity index (χ1v) is 8.96. The number of sulfone groups is 1. The molecule has 0 radical (unpaired) electrons. The lowest BCUT2D eigenvalue weighted by atomic mass is 10.2. The normalized spacial score (nSPS) is 19.6. The molecule has 6 nitrogen and oxygen atoms in total. The fourth-order valence-corrected chi connectivity index (χ4v) is 4.08. The number of nitrogens with one attached hydrogen (secondary N) is 1. The molecule has 1 aliphatic heterocycles. The number of hydrogen-bond acceptors (Lipinski definition) is 5. The molecule has 120 valence electrons. The molecule has 1 aromatic rings. The van der Waals surface area contributed by atoms with E-state index in [1.807, 2.05) is 0 Å². The van der Waals surface area contributed by atoms with Gasteiger partial charge >= 0.3 is 5.97 Å². The van der Waals surface area contributed by atoms with Gasteiger partial charge in [-0.25, -0.2) is 13.2 Å². The molecule has 1 unspecified atom stereocenters. The van der Waals surface area contributed by atoms with Crippen molar-refractivity contribution in [3.8, 4) is 0 Å². The first kappa shape index (κ1) is 17.1. The summed E-state index contributed by atoms with van der Waals surface area (Å²) in [6.45, 7) is -0.516. The zero-order chi connectivity index (χ0) is 16.3. The lowest BCUT2D eigenvalue weighted by molar-refractivity contribution is -0.124. The number of esters is 1. The van der Waals surface area contributed by atoms with Crippen LogP contribution in [0.3, 0.4) is 0 Å². The van der Waals surface area contributed by atoms with E-state index in [2.05, 4.69) is 5.32 Å². The van der Waals surface area contributed by atoms with Crippen LogP contribution in [0.15, 0.2) is 18.2 Å². The average molecular weight is 366 g/mol. The number of benzene rings is 1. The molecule has 0 spiro atoms. The Morgan fingerprint density at radius 3 is 2.68 bits per heavy atom. The first-order chi connectivity index (χ1) is 10.3. The second-order valence-electron chi connectivity index (χ2n) is 4.87. The highest BCUT2D eigenvalue weighted by molar-refractivity contribution is 7.91. The second kappa shape index (κ2) is 6.85. The van der Waals surface area contributed by atoms with E-state index in [1.165, 1.54) is 18.2 Å². The van der Waals surface area contributed by atoms with E-state index in [1.54, 1.807) is 0 Å². The highest BCUT2D eigenvalue weighted by Gasteiger charge is 2.29. The zero-order valence-corrected chi connectivity index (χ0v) is 13.7. The molecular formula is C13H13Cl2NO5S. The smallest absolute Gasteiger partial charge is 0.340 e. The summed E-state index contributed by atoms with van der Waals surface area (Å²) in [4.78, 5) is 23.5. The number of carbonyl (C=O) groups excluding carboxylic acids is 2.